The van der Waals surface area contributed by atoms with Crippen molar-refractivity contribution in [1.29, 1.82) is 0 Å². The quantitative estimate of drug-likeness (QED) is 0.851. The first kappa shape index (κ1) is 14.4. The van der Waals surface area contributed by atoms with Gasteiger partial charge in [0.2, 0.25) is 0 Å². The normalized spacial score (nSPS) is 10.7. The van der Waals surface area contributed by atoms with Gasteiger partial charge in [0.25, 0.3) is 0 Å². The van der Waals surface area contributed by atoms with Crippen molar-refractivity contribution in [2.24, 2.45) is 5.92 Å². The SMILES string of the molecule is CC(C)CN(CCC(=O)O)c1c(F)cccc1F. The Hall–Kier alpha value is -1.65. The number of carbonyl (C=O) groups is 1. The number of benzene rings is 1. The second-order valence-electron chi connectivity index (χ2n) is 4.55. The second kappa shape index (κ2) is 6.33. The zero-order chi connectivity index (χ0) is 13.7. The van der Waals surface area contributed by atoms with Crippen LogP contribution in [0.3, 0.4) is 0 Å². The summed E-state index contributed by atoms with van der Waals surface area (Å²) in [6, 6.07) is 3.64. The molecule has 3 nitrogen and oxygen atoms in total. The van der Waals surface area contributed by atoms with E-state index in [1.165, 1.54) is 23.1 Å². The highest BCUT2D eigenvalue weighted by Gasteiger charge is 2.18. The molecule has 0 aromatic heterocycles. The van der Waals surface area contributed by atoms with Gasteiger partial charge in [-0.3, -0.25) is 4.79 Å². The third-order valence-corrected chi connectivity index (χ3v) is 2.43. The van der Waals surface area contributed by atoms with Gasteiger partial charge in [0, 0.05) is 13.1 Å². The standard InChI is InChI=1S/C13H17F2NO2/c1-9(2)8-16(7-6-12(17)18)13-10(14)4-3-5-11(13)15/h3-5,9H,6-8H2,1-2H3,(H,17,18). The van der Waals surface area contributed by atoms with Crippen molar-refractivity contribution in [2.75, 3.05) is 18.0 Å². The van der Waals surface area contributed by atoms with E-state index in [1.807, 2.05) is 13.8 Å². The Bertz CT molecular complexity index is 401. The smallest absolute Gasteiger partial charge is 0.305 e. The maximum Gasteiger partial charge on any atom is 0.305 e. The predicted molar refractivity (Wildman–Crippen MR) is 65.7 cm³/mol. The molecule has 0 spiro atoms. The molecule has 0 radical (unpaired) electrons. The minimum atomic E-state index is -0.986. The van der Waals surface area contributed by atoms with E-state index in [-0.39, 0.29) is 24.6 Å². The Balaban J connectivity index is 2.97. The van der Waals surface area contributed by atoms with Crippen LogP contribution in [0.2, 0.25) is 0 Å². The molecule has 0 fully saturated rings. The van der Waals surface area contributed by atoms with Crippen molar-refractivity contribution in [2.45, 2.75) is 20.3 Å². The topological polar surface area (TPSA) is 40.5 Å². The van der Waals surface area contributed by atoms with Crippen molar-refractivity contribution in [1.82, 2.24) is 0 Å². The summed E-state index contributed by atoms with van der Waals surface area (Å²) < 4.78 is 27.3. The first-order valence-electron chi connectivity index (χ1n) is 5.82. The summed E-state index contributed by atoms with van der Waals surface area (Å²) >= 11 is 0. The molecule has 18 heavy (non-hydrogen) atoms. The molecule has 0 unspecified atom stereocenters. The molecule has 0 bridgehead atoms. The number of carboxylic acid groups (broad SMARTS) is 1. The Morgan fingerprint density at radius 3 is 2.33 bits per heavy atom. The summed E-state index contributed by atoms with van der Waals surface area (Å²) in [4.78, 5) is 12.0. The van der Waals surface area contributed by atoms with E-state index < -0.39 is 17.6 Å². The minimum Gasteiger partial charge on any atom is -0.481 e. The lowest BCUT2D eigenvalue weighted by Crippen LogP contribution is -2.31. The molecule has 0 saturated carbocycles. The van der Waals surface area contributed by atoms with Crippen molar-refractivity contribution in [3.8, 4) is 0 Å². The van der Waals surface area contributed by atoms with Crippen LogP contribution in [0.15, 0.2) is 18.2 Å². The molecule has 1 N–H and O–H groups in total. The van der Waals surface area contributed by atoms with Gasteiger partial charge in [0.15, 0.2) is 0 Å². The highest BCUT2D eigenvalue weighted by molar-refractivity contribution is 5.67. The lowest BCUT2D eigenvalue weighted by molar-refractivity contribution is -0.136. The van der Waals surface area contributed by atoms with Gasteiger partial charge in [-0.2, -0.15) is 0 Å². The molecule has 0 amide bonds. The molecule has 0 heterocycles. The van der Waals surface area contributed by atoms with Gasteiger partial charge in [-0.1, -0.05) is 19.9 Å². The molecule has 0 aliphatic rings. The fourth-order valence-electron chi connectivity index (χ4n) is 1.76. The first-order chi connectivity index (χ1) is 8.41. The molecule has 1 rings (SSSR count). The molecule has 0 atom stereocenters. The lowest BCUT2D eigenvalue weighted by Gasteiger charge is -2.26. The summed E-state index contributed by atoms with van der Waals surface area (Å²) in [5, 5.41) is 8.67. The number of carboxylic acids is 1. The van der Waals surface area contributed by atoms with Crippen LogP contribution < -0.4 is 4.90 Å². The maximum atomic E-state index is 13.6. The van der Waals surface area contributed by atoms with Crippen LogP contribution in [0.5, 0.6) is 0 Å². The van der Waals surface area contributed by atoms with E-state index >= 15 is 0 Å². The fourth-order valence-corrected chi connectivity index (χ4v) is 1.76. The van der Waals surface area contributed by atoms with Gasteiger partial charge >= 0.3 is 5.97 Å². The number of halogens is 2. The van der Waals surface area contributed by atoms with Crippen molar-refractivity contribution in [3.63, 3.8) is 0 Å². The summed E-state index contributed by atoms with van der Waals surface area (Å²) in [5.74, 6) is -2.14. The van der Waals surface area contributed by atoms with Gasteiger partial charge in [-0.15, -0.1) is 0 Å². The van der Waals surface area contributed by atoms with E-state index in [4.69, 9.17) is 5.11 Å². The number of hydrogen-bond acceptors (Lipinski definition) is 2. The largest absolute Gasteiger partial charge is 0.481 e. The lowest BCUT2D eigenvalue weighted by atomic mass is 10.1. The molecule has 5 heteroatoms. The molecule has 0 aliphatic carbocycles. The van der Waals surface area contributed by atoms with E-state index in [2.05, 4.69) is 0 Å². The Labute approximate surface area is 105 Å². The molecule has 0 aliphatic heterocycles. The van der Waals surface area contributed by atoms with E-state index in [9.17, 15) is 13.6 Å². The van der Waals surface area contributed by atoms with Gasteiger partial charge < -0.3 is 10.0 Å². The van der Waals surface area contributed by atoms with Crippen LogP contribution in [0.1, 0.15) is 20.3 Å². The van der Waals surface area contributed by atoms with Crippen LogP contribution in [0, 0.1) is 17.6 Å². The summed E-state index contributed by atoms with van der Waals surface area (Å²) in [6.45, 7) is 4.32. The Morgan fingerprint density at radius 1 is 1.33 bits per heavy atom. The van der Waals surface area contributed by atoms with Crippen LogP contribution >= 0.6 is 0 Å². The van der Waals surface area contributed by atoms with Crippen LogP contribution in [0.4, 0.5) is 14.5 Å². The number of nitrogens with zero attached hydrogens (tertiary/aromatic N) is 1. The molecule has 100 valence electrons. The van der Waals surface area contributed by atoms with Crippen molar-refractivity contribution < 1.29 is 18.7 Å². The zero-order valence-corrected chi connectivity index (χ0v) is 10.5. The third-order valence-electron chi connectivity index (χ3n) is 2.43. The van der Waals surface area contributed by atoms with Crippen molar-refractivity contribution in [3.05, 3.63) is 29.8 Å². The molecular weight excluding hydrogens is 240 g/mol. The molecule has 1 aromatic carbocycles. The van der Waals surface area contributed by atoms with E-state index in [0.717, 1.165) is 0 Å². The predicted octanol–water partition coefficient (Wildman–Crippen LogP) is 2.90. The second-order valence-corrected chi connectivity index (χ2v) is 4.55. The number of para-hydroxylation sites is 1. The molecule has 0 saturated heterocycles. The number of hydrogen-bond donors (Lipinski definition) is 1. The number of rotatable bonds is 6. The monoisotopic (exact) mass is 257 g/mol. The average Bonchev–Trinajstić information content (AvgIpc) is 2.24. The number of anilines is 1. The van der Waals surface area contributed by atoms with Crippen LogP contribution in [0.25, 0.3) is 0 Å². The van der Waals surface area contributed by atoms with Crippen LogP contribution in [-0.2, 0) is 4.79 Å². The Kier molecular flexibility index (Phi) is 5.07. The summed E-state index contributed by atoms with van der Waals surface area (Å²) in [6.07, 6.45) is -0.152. The Morgan fingerprint density at radius 2 is 1.89 bits per heavy atom. The molecule has 1 aromatic rings. The molecular formula is C13H17F2NO2. The van der Waals surface area contributed by atoms with E-state index in [1.54, 1.807) is 0 Å². The van der Waals surface area contributed by atoms with E-state index in [0.29, 0.717) is 6.54 Å². The minimum absolute atomic E-state index is 0.0887. The van der Waals surface area contributed by atoms with Gasteiger partial charge in [0.05, 0.1) is 6.42 Å². The highest BCUT2D eigenvalue weighted by atomic mass is 19.1. The summed E-state index contributed by atoms with van der Waals surface area (Å²) in [7, 11) is 0. The first-order valence-corrected chi connectivity index (χ1v) is 5.82. The van der Waals surface area contributed by atoms with Gasteiger partial charge in [-0.05, 0) is 18.1 Å². The highest BCUT2D eigenvalue weighted by Crippen LogP contribution is 2.24. The number of aliphatic carboxylic acids is 1. The zero-order valence-electron chi connectivity index (χ0n) is 10.5. The fraction of sp³-hybridized carbons (Fsp3) is 0.462. The summed E-state index contributed by atoms with van der Waals surface area (Å²) in [5.41, 5.74) is -0.146. The third kappa shape index (κ3) is 3.98. The average molecular weight is 257 g/mol. The van der Waals surface area contributed by atoms with Crippen LogP contribution in [-0.4, -0.2) is 24.2 Å². The van der Waals surface area contributed by atoms with Gasteiger partial charge in [0.1, 0.15) is 17.3 Å². The van der Waals surface area contributed by atoms with Gasteiger partial charge in [-0.25, -0.2) is 8.78 Å². The van der Waals surface area contributed by atoms with Crippen molar-refractivity contribution >= 4 is 11.7 Å². The maximum absolute atomic E-state index is 13.6.